The number of rotatable bonds is 7. The lowest BCUT2D eigenvalue weighted by Crippen LogP contribution is -2.40. The van der Waals surface area contributed by atoms with E-state index < -0.39 is 0 Å². The van der Waals surface area contributed by atoms with E-state index in [0.29, 0.717) is 18.2 Å². The second kappa shape index (κ2) is 8.66. The summed E-state index contributed by atoms with van der Waals surface area (Å²) in [5.74, 6) is 0.764. The molecule has 1 aromatic carbocycles. The average molecular weight is 288 g/mol. The van der Waals surface area contributed by atoms with Crippen molar-refractivity contribution in [1.82, 2.24) is 4.90 Å². The highest BCUT2D eigenvalue weighted by molar-refractivity contribution is 5.36. The topological polar surface area (TPSA) is 56.5 Å². The first kappa shape index (κ1) is 15.8. The molecule has 1 saturated heterocycles. The lowest BCUT2D eigenvalue weighted by Gasteiger charge is -2.35. The van der Waals surface area contributed by atoms with Gasteiger partial charge in [0.25, 0.3) is 0 Å². The molecular weight excluding hydrogens is 264 g/mol. The molecule has 21 heavy (non-hydrogen) atoms. The van der Waals surface area contributed by atoms with Crippen molar-refractivity contribution in [3.05, 3.63) is 29.8 Å². The van der Waals surface area contributed by atoms with E-state index in [0.717, 1.165) is 31.7 Å². The third-order valence-electron chi connectivity index (χ3n) is 4.03. The summed E-state index contributed by atoms with van der Waals surface area (Å²) in [6, 6.07) is 9.93. The second-order valence-electron chi connectivity index (χ2n) is 5.54. The third-order valence-corrected chi connectivity index (χ3v) is 4.03. The molecule has 0 saturated carbocycles. The van der Waals surface area contributed by atoms with Gasteiger partial charge in [-0.15, -0.1) is 0 Å². The summed E-state index contributed by atoms with van der Waals surface area (Å²) >= 11 is 0. The van der Waals surface area contributed by atoms with E-state index in [4.69, 9.17) is 15.1 Å². The Morgan fingerprint density at radius 3 is 3.10 bits per heavy atom. The van der Waals surface area contributed by atoms with E-state index in [1.807, 2.05) is 12.1 Å². The van der Waals surface area contributed by atoms with E-state index in [1.54, 1.807) is 12.1 Å². The van der Waals surface area contributed by atoms with Crippen LogP contribution in [0, 0.1) is 11.3 Å². The maximum atomic E-state index is 9.13. The largest absolute Gasteiger partial charge is 0.494 e. The molecule has 4 heteroatoms. The number of hydrogen-bond acceptors (Lipinski definition) is 4. The van der Waals surface area contributed by atoms with Gasteiger partial charge in [0.1, 0.15) is 5.75 Å². The Morgan fingerprint density at radius 1 is 1.38 bits per heavy atom. The van der Waals surface area contributed by atoms with E-state index in [9.17, 15) is 0 Å². The van der Waals surface area contributed by atoms with Gasteiger partial charge in [0, 0.05) is 19.2 Å². The smallest absolute Gasteiger partial charge is 0.120 e. The Balaban J connectivity index is 1.72. The van der Waals surface area contributed by atoms with Crippen LogP contribution < -0.4 is 4.74 Å². The first-order chi connectivity index (χ1) is 10.3. The summed E-state index contributed by atoms with van der Waals surface area (Å²) in [4.78, 5) is 2.48. The Bertz CT molecular complexity index is 468. The molecule has 0 radical (unpaired) electrons. The minimum Gasteiger partial charge on any atom is -0.494 e. The predicted molar refractivity (Wildman–Crippen MR) is 82.2 cm³/mol. The van der Waals surface area contributed by atoms with Gasteiger partial charge in [-0.1, -0.05) is 12.5 Å². The number of likely N-dealkylation sites (tertiary alicyclic amines) is 1. The molecule has 0 aliphatic carbocycles. The third kappa shape index (κ3) is 5.04. The number of aliphatic hydroxyl groups is 1. The zero-order chi connectivity index (χ0) is 14.9. The zero-order valence-electron chi connectivity index (χ0n) is 12.5. The van der Waals surface area contributed by atoms with E-state index in [-0.39, 0.29) is 6.61 Å². The van der Waals surface area contributed by atoms with Gasteiger partial charge in [-0.2, -0.15) is 5.26 Å². The van der Waals surface area contributed by atoms with Gasteiger partial charge in [-0.3, -0.25) is 0 Å². The maximum Gasteiger partial charge on any atom is 0.120 e. The van der Waals surface area contributed by atoms with Crippen LogP contribution in [0.3, 0.4) is 0 Å². The van der Waals surface area contributed by atoms with E-state index in [1.165, 1.54) is 19.3 Å². The van der Waals surface area contributed by atoms with E-state index >= 15 is 0 Å². The van der Waals surface area contributed by atoms with Crippen LogP contribution in [0.15, 0.2) is 24.3 Å². The number of ether oxygens (including phenoxy) is 1. The monoisotopic (exact) mass is 288 g/mol. The fourth-order valence-corrected chi connectivity index (χ4v) is 2.94. The molecule has 1 heterocycles. The molecule has 114 valence electrons. The molecule has 1 unspecified atom stereocenters. The van der Waals surface area contributed by atoms with Crippen molar-refractivity contribution in [3.8, 4) is 11.8 Å². The van der Waals surface area contributed by atoms with Crippen LogP contribution in [-0.2, 0) is 0 Å². The highest BCUT2D eigenvalue weighted by Crippen LogP contribution is 2.19. The molecule has 0 aromatic heterocycles. The van der Waals surface area contributed by atoms with Gasteiger partial charge < -0.3 is 14.7 Å². The van der Waals surface area contributed by atoms with Crippen molar-refractivity contribution in [3.63, 3.8) is 0 Å². The van der Waals surface area contributed by atoms with Crippen LogP contribution in [0.5, 0.6) is 5.75 Å². The number of nitrogens with zero attached hydrogens (tertiary/aromatic N) is 2. The lowest BCUT2D eigenvalue weighted by molar-refractivity contribution is 0.112. The van der Waals surface area contributed by atoms with Gasteiger partial charge >= 0.3 is 0 Å². The Morgan fingerprint density at radius 2 is 2.29 bits per heavy atom. The van der Waals surface area contributed by atoms with Crippen molar-refractivity contribution in [1.29, 1.82) is 5.26 Å². The molecule has 1 N–H and O–H groups in total. The predicted octanol–water partition coefficient (Wildman–Crippen LogP) is 2.56. The van der Waals surface area contributed by atoms with Gasteiger partial charge in [0.05, 0.1) is 18.2 Å². The minimum atomic E-state index is 0.276. The number of nitriles is 1. The van der Waals surface area contributed by atoms with Crippen LogP contribution in [-0.4, -0.2) is 42.4 Å². The van der Waals surface area contributed by atoms with Crippen molar-refractivity contribution >= 4 is 0 Å². The summed E-state index contributed by atoms with van der Waals surface area (Å²) in [6.07, 6.45) is 5.58. The Kier molecular flexibility index (Phi) is 6.52. The molecule has 1 fully saturated rings. The van der Waals surface area contributed by atoms with Crippen LogP contribution in [0.4, 0.5) is 0 Å². The summed E-state index contributed by atoms with van der Waals surface area (Å²) in [6.45, 7) is 3.09. The normalized spacial score (nSPS) is 19.1. The number of piperidine rings is 1. The standard InChI is InChI=1S/C17H24N2O2/c18-14-15-5-3-7-17(13-15)21-12-4-10-19-9-2-1-6-16(19)8-11-20/h3,5,7,13,16,20H,1-2,4,6,8-12H2. The number of benzene rings is 1. The van der Waals surface area contributed by atoms with Crippen LogP contribution >= 0.6 is 0 Å². The summed E-state index contributed by atoms with van der Waals surface area (Å²) in [5.41, 5.74) is 0.631. The first-order valence-corrected chi connectivity index (χ1v) is 7.81. The van der Waals surface area contributed by atoms with Crippen LogP contribution in [0.1, 0.15) is 37.7 Å². The molecule has 0 bridgehead atoms. The summed E-state index contributed by atoms with van der Waals surface area (Å²) in [7, 11) is 0. The molecule has 0 amide bonds. The van der Waals surface area contributed by atoms with Gasteiger partial charge in [0.2, 0.25) is 0 Å². The second-order valence-corrected chi connectivity index (χ2v) is 5.54. The van der Waals surface area contributed by atoms with Crippen molar-refractivity contribution in [2.75, 3.05) is 26.3 Å². The fourth-order valence-electron chi connectivity index (χ4n) is 2.94. The summed E-state index contributed by atoms with van der Waals surface area (Å²) < 4.78 is 5.71. The van der Waals surface area contributed by atoms with Gasteiger partial charge in [-0.25, -0.2) is 0 Å². The maximum absolute atomic E-state index is 9.13. The average Bonchev–Trinajstić information content (AvgIpc) is 2.53. The molecule has 1 aliphatic heterocycles. The number of aliphatic hydroxyl groups excluding tert-OH is 1. The van der Waals surface area contributed by atoms with Gasteiger partial charge in [-0.05, 0) is 50.4 Å². The minimum absolute atomic E-state index is 0.276. The number of hydrogen-bond donors (Lipinski definition) is 1. The lowest BCUT2D eigenvalue weighted by atomic mass is 9.99. The van der Waals surface area contributed by atoms with Crippen molar-refractivity contribution in [2.45, 2.75) is 38.1 Å². The molecular formula is C17H24N2O2. The Labute approximate surface area is 127 Å². The molecule has 1 atom stereocenters. The SMILES string of the molecule is N#Cc1cccc(OCCCN2CCCCC2CCO)c1. The molecule has 0 spiro atoms. The molecule has 1 aromatic rings. The molecule has 4 nitrogen and oxygen atoms in total. The van der Waals surface area contributed by atoms with Crippen molar-refractivity contribution in [2.24, 2.45) is 0 Å². The quantitative estimate of drug-likeness (QED) is 0.783. The van der Waals surface area contributed by atoms with E-state index in [2.05, 4.69) is 11.0 Å². The zero-order valence-corrected chi connectivity index (χ0v) is 12.5. The van der Waals surface area contributed by atoms with Crippen LogP contribution in [0.25, 0.3) is 0 Å². The van der Waals surface area contributed by atoms with Crippen LogP contribution in [0.2, 0.25) is 0 Å². The highest BCUT2D eigenvalue weighted by Gasteiger charge is 2.21. The Hall–Kier alpha value is -1.57. The van der Waals surface area contributed by atoms with Crippen molar-refractivity contribution < 1.29 is 9.84 Å². The highest BCUT2D eigenvalue weighted by atomic mass is 16.5. The first-order valence-electron chi connectivity index (χ1n) is 7.81. The van der Waals surface area contributed by atoms with Gasteiger partial charge in [0.15, 0.2) is 0 Å². The molecule has 2 rings (SSSR count). The summed E-state index contributed by atoms with van der Waals surface area (Å²) in [5, 5.41) is 18.0. The fraction of sp³-hybridized carbons (Fsp3) is 0.588. The molecule has 1 aliphatic rings.